The first-order valence-electron chi connectivity index (χ1n) is 6.04. The van der Waals surface area contributed by atoms with Gasteiger partial charge < -0.3 is 14.5 Å². The van der Waals surface area contributed by atoms with Gasteiger partial charge in [-0.2, -0.15) is 0 Å². The summed E-state index contributed by atoms with van der Waals surface area (Å²) in [6.07, 6.45) is -0.848. The molecule has 2 rings (SSSR count). The monoisotopic (exact) mass is 321 g/mol. The third-order valence-corrected chi connectivity index (χ3v) is 3.84. The molecule has 0 saturated heterocycles. The van der Waals surface area contributed by atoms with E-state index in [4.69, 9.17) is 20.8 Å². The molecule has 2 aromatic rings. The van der Waals surface area contributed by atoms with Gasteiger partial charge >= 0.3 is 0 Å². The van der Waals surface area contributed by atoms with Crippen LogP contribution in [0, 0.1) is 0 Å². The highest BCUT2D eigenvalue weighted by Crippen LogP contribution is 2.31. The van der Waals surface area contributed by atoms with Crippen LogP contribution in [0.4, 0.5) is 8.78 Å². The number of halogens is 3. The number of furan rings is 1. The number of ether oxygens (including phenoxy) is 1. The van der Waals surface area contributed by atoms with Gasteiger partial charge in [0.15, 0.2) is 0 Å². The minimum absolute atomic E-state index is 0.155. The highest BCUT2D eigenvalue weighted by Gasteiger charge is 2.18. The molecule has 0 spiro atoms. The molecular formula is C13H14ClF2NO2S. The molecule has 0 aromatic carbocycles. The van der Waals surface area contributed by atoms with E-state index in [0.29, 0.717) is 10.9 Å². The Bertz CT molecular complexity index is 504. The Hall–Kier alpha value is -0.950. The fourth-order valence-electron chi connectivity index (χ4n) is 1.73. The molecule has 7 heteroatoms. The van der Waals surface area contributed by atoms with Crippen molar-refractivity contribution in [3.8, 4) is 0 Å². The van der Waals surface area contributed by atoms with Crippen LogP contribution in [0.25, 0.3) is 0 Å². The van der Waals surface area contributed by atoms with Gasteiger partial charge in [0, 0.05) is 11.4 Å². The fraction of sp³-hybridized carbons (Fsp3) is 0.385. The van der Waals surface area contributed by atoms with Gasteiger partial charge in [-0.25, -0.2) is 8.78 Å². The van der Waals surface area contributed by atoms with Crippen molar-refractivity contribution in [2.45, 2.75) is 12.5 Å². The molecule has 0 aliphatic carbocycles. The fourth-order valence-corrected chi connectivity index (χ4v) is 2.87. The van der Waals surface area contributed by atoms with Crippen LogP contribution in [0.5, 0.6) is 0 Å². The van der Waals surface area contributed by atoms with Crippen molar-refractivity contribution in [2.24, 2.45) is 0 Å². The SMILES string of the molecule is FC(F)COCCNC(c1ccco1)c1ccc(Cl)s1. The van der Waals surface area contributed by atoms with E-state index in [1.54, 1.807) is 12.3 Å². The van der Waals surface area contributed by atoms with Gasteiger partial charge in [-0.1, -0.05) is 11.6 Å². The summed E-state index contributed by atoms with van der Waals surface area (Å²) in [5, 5.41) is 3.21. The van der Waals surface area contributed by atoms with E-state index in [1.165, 1.54) is 11.3 Å². The van der Waals surface area contributed by atoms with E-state index in [2.05, 4.69) is 5.32 Å². The lowest BCUT2D eigenvalue weighted by Gasteiger charge is -2.15. The number of hydrogen-bond donors (Lipinski definition) is 1. The molecule has 110 valence electrons. The predicted octanol–water partition coefficient (Wildman–Crippen LogP) is 3.96. The standard InChI is InChI=1S/C13H14ClF2NO2S/c14-11-4-3-10(20-11)13(9-2-1-6-19-9)17-5-7-18-8-12(15)16/h1-4,6,12-13,17H,5,7-8H2. The Morgan fingerprint density at radius 3 is 2.80 bits per heavy atom. The molecule has 0 fully saturated rings. The van der Waals surface area contributed by atoms with E-state index < -0.39 is 13.0 Å². The molecule has 0 aliphatic heterocycles. The van der Waals surface area contributed by atoms with Crippen LogP contribution in [-0.4, -0.2) is 26.2 Å². The summed E-state index contributed by atoms with van der Waals surface area (Å²) < 4.78 is 34.8. The van der Waals surface area contributed by atoms with Crippen LogP contribution in [0.3, 0.4) is 0 Å². The Labute approximate surface area is 124 Å². The first kappa shape index (κ1) is 15.4. The van der Waals surface area contributed by atoms with Crippen LogP contribution < -0.4 is 5.32 Å². The highest BCUT2D eigenvalue weighted by molar-refractivity contribution is 7.16. The van der Waals surface area contributed by atoms with Crippen LogP contribution in [0.1, 0.15) is 16.7 Å². The predicted molar refractivity (Wildman–Crippen MR) is 74.7 cm³/mol. The maximum absolute atomic E-state index is 11.9. The zero-order valence-electron chi connectivity index (χ0n) is 10.5. The van der Waals surface area contributed by atoms with Crippen LogP contribution in [-0.2, 0) is 4.74 Å². The first-order chi connectivity index (χ1) is 9.66. The van der Waals surface area contributed by atoms with Gasteiger partial charge in [-0.15, -0.1) is 11.3 Å². The molecule has 0 saturated carbocycles. The average Bonchev–Trinajstić information content (AvgIpc) is 3.05. The highest BCUT2D eigenvalue weighted by atomic mass is 35.5. The average molecular weight is 322 g/mol. The Kier molecular flexibility index (Phi) is 5.97. The third-order valence-electron chi connectivity index (χ3n) is 2.54. The number of rotatable bonds is 8. The Balaban J connectivity index is 1.91. The van der Waals surface area contributed by atoms with Crippen molar-refractivity contribution in [3.05, 3.63) is 45.5 Å². The summed E-state index contributed by atoms with van der Waals surface area (Å²) >= 11 is 7.38. The van der Waals surface area contributed by atoms with Crippen molar-refractivity contribution in [2.75, 3.05) is 19.8 Å². The Morgan fingerprint density at radius 1 is 1.35 bits per heavy atom. The molecule has 1 N–H and O–H groups in total. The number of hydrogen-bond acceptors (Lipinski definition) is 4. The zero-order valence-corrected chi connectivity index (χ0v) is 12.1. The van der Waals surface area contributed by atoms with Crippen LogP contribution in [0.15, 0.2) is 34.9 Å². The van der Waals surface area contributed by atoms with Gasteiger partial charge in [-0.3, -0.25) is 0 Å². The van der Waals surface area contributed by atoms with Crippen molar-refractivity contribution < 1.29 is 17.9 Å². The summed E-state index contributed by atoms with van der Waals surface area (Å²) in [6.45, 7) is 0.103. The van der Waals surface area contributed by atoms with Gasteiger partial charge in [0.05, 0.1) is 17.2 Å². The molecule has 1 unspecified atom stereocenters. The molecule has 20 heavy (non-hydrogen) atoms. The normalized spacial score (nSPS) is 13.0. The lowest BCUT2D eigenvalue weighted by molar-refractivity contribution is 0.0183. The van der Waals surface area contributed by atoms with Crippen LogP contribution >= 0.6 is 22.9 Å². The molecule has 0 radical (unpaired) electrons. The lowest BCUT2D eigenvalue weighted by atomic mass is 10.2. The molecule has 2 aromatic heterocycles. The second-order valence-corrected chi connectivity index (χ2v) is 5.76. The third kappa shape index (κ3) is 4.56. The molecule has 0 aliphatic rings. The maximum atomic E-state index is 11.9. The van der Waals surface area contributed by atoms with Crippen molar-refractivity contribution >= 4 is 22.9 Å². The van der Waals surface area contributed by atoms with Crippen LogP contribution in [0.2, 0.25) is 4.34 Å². The molecule has 1 atom stereocenters. The zero-order chi connectivity index (χ0) is 14.4. The van der Waals surface area contributed by atoms with E-state index in [9.17, 15) is 8.78 Å². The topological polar surface area (TPSA) is 34.4 Å². The minimum Gasteiger partial charge on any atom is -0.467 e. The molecule has 2 heterocycles. The maximum Gasteiger partial charge on any atom is 0.261 e. The first-order valence-corrected chi connectivity index (χ1v) is 7.24. The molecule has 0 bridgehead atoms. The number of alkyl halides is 2. The second kappa shape index (κ2) is 7.73. The van der Waals surface area contributed by atoms with Crippen molar-refractivity contribution in [3.63, 3.8) is 0 Å². The summed E-state index contributed by atoms with van der Waals surface area (Å²) in [5.74, 6) is 0.748. The largest absolute Gasteiger partial charge is 0.467 e. The van der Waals surface area contributed by atoms with Gasteiger partial charge in [0.25, 0.3) is 6.43 Å². The van der Waals surface area contributed by atoms with E-state index in [-0.39, 0.29) is 12.6 Å². The lowest BCUT2D eigenvalue weighted by Crippen LogP contribution is -2.26. The van der Waals surface area contributed by atoms with E-state index in [1.807, 2.05) is 18.2 Å². The number of thiophene rings is 1. The van der Waals surface area contributed by atoms with Gasteiger partial charge in [0.2, 0.25) is 0 Å². The molecule has 3 nitrogen and oxygen atoms in total. The second-order valence-electron chi connectivity index (χ2n) is 4.01. The van der Waals surface area contributed by atoms with Crippen molar-refractivity contribution in [1.82, 2.24) is 5.32 Å². The summed E-state index contributed by atoms with van der Waals surface area (Å²) in [6, 6.07) is 7.22. The van der Waals surface area contributed by atoms with E-state index >= 15 is 0 Å². The number of nitrogens with one attached hydrogen (secondary N) is 1. The summed E-state index contributed by atoms with van der Waals surface area (Å²) in [7, 11) is 0. The molecular weight excluding hydrogens is 308 g/mol. The summed E-state index contributed by atoms with van der Waals surface area (Å²) in [4.78, 5) is 0.999. The minimum atomic E-state index is -2.44. The van der Waals surface area contributed by atoms with Crippen molar-refractivity contribution in [1.29, 1.82) is 0 Å². The summed E-state index contributed by atoms with van der Waals surface area (Å²) in [5.41, 5.74) is 0. The quantitative estimate of drug-likeness (QED) is 0.747. The Morgan fingerprint density at radius 2 is 2.20 bits per heavy atom. The van der Waals surface area contributed by atoms with Gasteiger partial charge in [-0.05, 0) is 24.3 Å². The smallest absolute Gasteiger partial charge is 0.261 e. The van der Waals surface area contributed by atoms with Gasteiger partial charge in [0.1, 0.15) is 18.4 Å². The van der Waals surface area contributed by atoms with E-state index in [0.717, 1.165) is 10.6 Å². The molecule has 0 amide bonds.